The Hall–Kier alpha value is -3.09. The van der Waals surface area contributed by atoms with E-state index in [4.69, 9.17) is 9.47 Å². The first-order valence-corrected chi connectivity index (χ1v) is 7.72. The lowest BCUT2D eigenvalue weighted by atomic mass is 10.1. The molecule has 0 spiro atoms. The first-order chi connectivity index (χ1) is 11.9. The number of carbonyl (C=O) groups is 1. The van der Waals surface area contributed by atoms with Crippen LogP contribution in [0.2, 0.25) is 0 Å². The number of nitro groups is 1. The van der Waals surface area contributed by atoms with Crippen molar-refractivity contribution in [1.29, 1.82) is 0 Å². The number of rotatable bonds is 7. The van der Waals surface area contributed by atoms with Gasteiger partial charge in [-0.05, 0) is 43.2 Å². The van der Waals surface area contributed by atoms with Gasteiger partial charge in [-0.1, -0.05) is 6.07 Å². The number of hydrogen-bond donors (Lipinski definition) is 1. The standard InChI is InChI=1S/C18H20N2O5/c1-12-8-13(2)10-15(9-12)25-7-6-18(21)19-16-11-14(20(22)23)4-5-17(16)24-3/h4-5,8-11H,6-7H2,1-3H3,(H,19,21). The van der Waals surface area contributed by atoms with E-state index in [1.54, 1.807) is 0 Å². The summed E-state index contributed by atoms with van der Waals surface area (Å²) in [6.07, 6.45) is 0.110. The average Bonchev–Trinajstić information content (AvgIpc) is 2.53. The highest BCUT2D eigenvalue weighted by atomic mass is 16.6. The van der Waals surface area contributed by atoms with Crippen LogP contribution in [0.3, 0.4) is 0 Å². The quantitative estimate of drug-likeness (QED) is 0.612. The lowest BCUT2D eigenvalue weighted by Crippen LogP contribution is -2.16. The van der Waals surface area contributed by atoms with E-state index in [2.05, 4.69) is 5.32 Å². The predicted octanol–water partition coefficient (Wildman–Crippen LogP) is 3.63. The third-order valence-corrected chi connectivity index (χ3v) is 3.46. The summed E-state index contributed by atoms with van der Waals surface area (Å²) >= 11 is 0. The van der Waals surface area contributed by atoms with Gasteiger partial charge in [-0.3, -0.25) is 14.9 Å². The molecule has 0 atom stereocenters. The van der Waals surface area contributed by atoms with Crippen LogP contribution in [0.5, 0.6) is 11.5 Å². The van der Waals surface area contributed by atoms with Crippen LogP contribution >= 0.6 is 0 Å². The molecule has 0 saturated carbocycles. The molecule has 2 rings (SSSR count). The van der Waals surface area contributed by atoms with Crippen molar-refractivity contribution in [3.05, 3.63) is 57.6 Å². The number of nitrogens with one attached hydrogen (secondary N) is 1. The summed E-state index contributed by atoms with van der Waals surface area (Å²) in [5.41, 5.74) is 2.30. The summed E-state index contributed by atoms with van der Waals surface area (Å²) in [7, 11) is 1.43. The van der Waals surface area contributed by atoms with E-state index in [0.29, 0.717) is 11.5 Å². The minimum absolute atomic E-state index is 0.110. The minimum atomic E-state index is -0.529. The second-order valence-corrected chi connectivity index (χ2v) is 5.61. The number of carbonyl (C=O) groups excluding carboxylic acids is 1. The van der Waals surface area contributed by atoms with Crippen molar-refractivity contribution in [2.45, 2.75) is 20.3 Å². The van der Waals surface area contributed by atoms with Gasteiger partial charge in [0.1, 0.15) is 11.5 Å². The Labute approximate surface area is 145 Å². The zero-order chi connectivity index (χ0) is 18.4. The Morgan fingerprint density at radius 3 is 2.44 bits per heavy atom. The minimum Gasteiger partial charge on any atom is -0.495 e. The molecule has 25 heavy (non-hydrogen) atoms. The Balaban J connectivity index is 1.95. The zero-order valence-electron chi connectivity index (χ0n) is 14.4. The van der Waals surface area contributed by atoms with E-state index >= 15 is 0 Å². The summed E-state index contributed by atoms with van der Waals surface area (Å²) in [6, 6.07) is 9.86. The van der Waals surface area contributed by atoms with Crippen LogP contribution in [-0.2, 0) is 4.79 Å². The summed E-state index contributed by atoms with van der Waals surface area (Å²) in [5.74, 6) is 0.746. The maximum absolute atomic E-state index is 12.1. The molecule has 0 aliphatic rings. The van der Waals surface area contributed by atoms with E-state index in [1.807, 2.05) is 32.0 Å². The summed E-state index contributed by atoms with van der Waals surface area (Å²) < 4.78 is 10.7. The monoisotopic (exact) mass is 344 g/mol. The molecule has 2 aromatic rings. The van der Waals surface area contributed by atoms with E-state index in [-0.39, 0.29) is 30.3 Å². The molecule has 7 nitrogen and oxygen atoms in total. The highest BCUT2D eigenvalue weighted by Crippen LogP contribution is 2.29. The Bertz CT molecular complexity index is 769. The van der Waals surface area contributed by atoms with Crippen LogP contribution in [0.25, 0.3) is 0 Å². The number of non-ortho nitro benzene ring substituents is 1. The predicted molar refractivity (Wildman–Crippen MR) is 94.3 cm³/mol. The second-order valence-electron chi connectivity index (χ2n) is 5.61. The molecule has 0 heterocycles. The van der Waals surface area contributed by atoms with Gasteiger partial charge < -0.3 is 14.8 Å². The maximum atomic E-state index is 12.1. The van der Waals surface area contributed by atoms with Crippen molar-refractivity contribution in [2.75, 3.05) is 19.0 Å². The second kappa shape index (κ2) is 8.14. The number of methoxy groups -OCH3 is 1. The summed E-state index contributed by atoms with van der Waals surface area (Å²) in [5, 5.41) is 13.5. The normalized spacial score (nSPS) is 10.2. The van der Waals surface area contributed by atoms with Crippen LogP contribution < -0.4 is 14.8 Å². The van der Waals surface area contributed by atoms with Gasteiger partial charge in [0.15, 0.2) is 0 Å². The van der Waals surface area contributed by atoms with Gasteiger partial charge in [0.25, 0.3) is 5.69 Å². The van der Waals surface area contributed by atoms with Gasteiger partial charge >= 0.3 is 0 Å². The van der Waals surface area contributed by atoms with E-state index in [9.17, 15) is 14.9 Å². The molecule has 0 bridgehead atoms. The molecule has 0 aromatic heterocycles. The Kier molecular flexibility index (Phi) is 5.94. The SMILES string of the molecule is COc1ccc([N+](=O)[O-])cc1NC(=O)CCOc1cc(C)cc(C)c1. The van der Waals surface area contributed by atoms with Gasteiger partial charge in [0.2, 0.25) is 5.91 Å². The fraction of sp³-hybridized carbons (Fsp3) is 0.278. The van der Waals surface area contributed by atoms with Gasteiger partial charge in [0, 0.05) is 12.1 Å². The third-order valence-electron chi connectivity index (χ3n) is 3.46. The summed E-state index contributed by atoms with van der Waals surface area (Å²) in [6.45, 7) is 4.15. The lowest BCUT2D eigenvalue weighted by molar-refractivity contribution is -0.384. The lowest BCUT2D eigenvalue weighted by Gasteiger charge is -2.11. The van der Waals surface area contributed by atoms with Crippen LogP contribution in [-0.4, -0.2) is 24.5 Å². The fourth-order valence-corrected chi connectivity index (χ4v) is 2.40. The molecule has 0 fully saturated rings. The number of hydrogen-bond acceptors (Lipinski definition) is 5. The molecule has 2 aromatic carbocycles. The molecule has 0 unspecified atom stereocenters. The Morgan fingerprint density at radius 2 is 1.84 bits per heavy atom. The van der Waals surface area contributed by atoms with Crippen LogP contribution in [0, 0.1) is 24.0 Å². The number of aryl methyl sites for hydroxylation is 2. The van der Waals surface area contributed by atoms with Crippen molar-refractivity contribution in [3.8, 4) is 11.5 Å². The largest absolute Gasteiger partial charge is 0.495 e. The fourth-order valence-electron chi connectivity index (χ4n) is 2.40. The van der Waals surface area contributed by atoms with Gasteiger partial charge in [0.05, 0.1) is 30.7 Å². The molecule has 0 aliphatic heterocycles. The number of benzene rings is 2. The molecular formula is C18H20N2O5. The first-order valence-electron chi connectivity index (χ1n) is 7.72. The maximum Gasteiger partial charge on any atom is 0.271 e. The molecule has 1 N–H and O–H groups in total. The molecule has 0 radical (unpaired) electrons. The number of anilines is 1. The van der Waals surface area contributed by atoms with E-state index in [1.165, 1.54) is 25.3 Å². The van der Waals surface area contributed by atoms with Crippen molar-refractivity contribution < 1.29 is 19.2 Å². The molecular weight excluding hydrogens is 324 g/mol. The van der Waals surface area contributed by atoms with Crippen LogP contribution in [0.1, 0.15) is 17.5 Å². The third kappa shape index (κ3) is 5.20. The molecule has 1 amide bonds. The Morgan fingerprint density at radius 1 is 1.16 bits per heavy atom. The number of ether oxygens (including phenoxy) is 2. The highest BCUT2D eigenvalue weighted by Gasteiger charge is 2.13. The molecule has 0 saturated heterocycles. The van der Waals surface area contributed by atoms with Gasteiger partial charge in [-0.15, -0.1) is 0 Å². The van der Waals surface area contributed by atoms with E-state index < -0.39 is 4.92 Å². The molecule has 0 aliphatic carbocycles. The number of nitrogens with zero attached hydrogens (tertiary/aromatic N) is 1. The average molecular weight is 344 g/mol. The first kappa shape index (κ1) is 18.3. The number of nitro benzene ring substituents is 1. The number of amides is 1. The van der Waals surface area contributed by atoms with Gasteiger partial charge in [-0.25, -0.2) is 0 Å². The topological polar surface area (TPSA) is 90.7 Å². The molecule has 7 heteroatoms. The van der Waals surface area contributed by atoms with Crippen molar-refractivity contribution in [1.82, 2.24) is 0 Å². The zero-order valence-corrected chi connectivity index (χ0v) is 14.4. The van der Waals surface area contributed by atoms with E-state index in [0.717, 1.165) is 11.1 Å². The van der Waals surface area contributed by atoms with Gasteiger partial charge in [-0.2, -0.15) is 0 Å². The smallest absolute Gasteiger partial charge is 0.271 e. The van der Waals surface area contributed by atoms with Crippen LogP contribution in [0.15, 0.2) is 36.4 Å². The van der Waals surface area contributed by atoms with Crippen LogP contribution in [0.4, 0.5) is 11.4 Å². The van der Waals surface area contributed by atoms with Crippen molar-refractivity contribution in [2.24, 2.45) is 0 Å². The highest BCUT2D eigenvalue weighted by molar-refractivity contribution is 5.92. The van der Waals surface area contributed by atoms with Crippen molar-refractivity contribution >= 4 is 17.3 Å². The molecule has 132 valence electrons. The summed E-state index contributed by atoms with van der Waals surface area (Å²) in [4.78, 5) is 22.4. The van der Waals surface area contributed by atoms with Crippen molar-refractivity contribution in [3.63, 3.8) is 0 Å².